The predicted octanol–water partition coefficient (Wildman–Crippen LogP) is 5.56. The van der Waals surface area contributed by atoms with Gasteiger partial charge in [-0.15, -0.1) is 0 Å². The second-order valence-electron chi connectivity index (χ2n) is 6.66. The number of hydrogen-bond donors (Lipinski definition) is 0. The number of nitrogens with zero attached hydrogens (tertiary/aromatic N) is 2. The van der Waals surface area contributed by atoms with Crippen molar-refractivity contribution in [2.45, 2.75) is 13.0 Å². The van der Waals surface area contributed by atoms with Crippen molar-refractivity contribution in [1.82, 2.24) is 10.1 Å². The maximum absolute atomic E-state index is 6.11. The fourth-order valence-electron chi connectivity index (χ4n) is 3.16. The largest absolute Gasteiger partial charge is 0.496 e. The second-order valence-corrected chi connectivity index (χ2v) is 6.66. The lowest BCUT2D eigenvalue weighted by molar-refractivity contribution is 0.216. The molecule has 0 saturated carbocycles. The van der Waals surface area contributed by atoms with Gasteiger partial charge >= 0.3 is 0 Å². The number of ether oxygens (including phenoxy) is 3. The van der Waals surface area contributed by atoms with E-state index in [2.05, 4.69) is 10.1 Å². The minimum atomic E-state index is -0.117. The Balaban J connectivity index is 1.60. The summed E-state index contributed by atoms with van der Waals surface area (Å²) in [5.41, 5.74) is 2.59. The number of para-hydroxylation sites is 1. The van der Waals surface area contributed by atoms with Gasteiger partial charge in [0.1, 0.15) is 11.9 Å². The van der Waals surface area contributed by atoms with Gasteiger partial charge in [0.15, 0.2) is 11.5 Å². The van der Waals surface area contributed by atoms with Gasteiger partial charge in [-0.05, 0) is 42.8 Å². The third kappa shape index (κ3) is 3.98. The summed E-state index contributed by atoms with van der Waals surface area (Å²) in [4.78, 5) is 4.52. The molecular formula is C24H22N2O4. The molecule has 1 unspecified atom stereocenters. The second kappa shape index (κ2) is 8.69. The van der Waals surface area contributed by atoms with Crippen LogP contribution in [0, 0.1) is 0 Å². The van der Waals surface area contributed by atoms with Gasteiger partial charge in [-0.25, -0.2) is 0 Å². The van der Waals surface area contributed by atoms with Gasteiger partial charge in [-0.2, -0.15) is 4.98 Å². The van der Waals surface area contributed by atoms with Crippen LogP contribution in [-0.2, 0) is 0 Å². The summed E-state index contributed by atoms with van der Waals surface area (Å²) in [5, 5.41) is 4.11. The number of aromatic nitrogens is 2. The molecular weight excluding hydrogens is 380 g/mol. The topological polar surface area (TPSA) is 66.6 Å². The highest BCUT2D eigenvalue weighted by Crippen LogP contribution is 2.35. The molecule has 0 aliphatic heterocycles. The Labute approximate surface area is 175 Å². The molecule has 6 nitrogen and oxygen atoms in total. The van der Waals surface area contributed by atoms with Gasteiger partial charge in [0, 0.05) is 5.56 Å². The molecule has 4 rings (SSSR count). The van der Waals surface area contributed by atoms with E-state index < -0.39 is 0 Å². The highest BCUT2D eigenvalue weighted by Gasteiger charge is 2.17. The molecule has 0 radical (unpaired) electrons. The van der Waals surface area contributed by atoms with E-state index in [-0.39, 0.29) is 6.10 Å². The maximum atomic E-state index is 6.11. The van der Waals surface area contributed by atoms with Crippen molar-refractivity contribution in [2.24, 2.45) is 0 Å². The van der Waals surface area contributed by atoms with Gasteiger partial charge in [-0.3, -0.25) is 0 Å². The Morgan fingerprint density at radius 2 is 1.53 bits per heavy atom. The zero-order valence-corrected chi connectivity index (χ0v) is 17.0. The molecule has 3 aromatic carbocycles. The fraction of sp³-hybridized carbons (Fsp3) is 0.167. The highest BCUT2D eigenvalue weighted by atomic mass is 16.5. The predicted molar refractivity (Wildman–Crippen MR) is 114 cm³/mol. The van der Waals surface area contributed by atoms with Crippen LogP contribution in [0.4, 0.5) is 0 Å². The van der Waals surface area contributed by atoms with E-state index in [0.717, 1.165) is 16.7 Å². The van der Waals surface area contributed by atoms with Gasteiger partial charge in [-0.1, -0.05) is 47.6 Å². The lowest BCUT2D eigenvalue weighted by atomic mass is 10.1. The van der Waals surface area contributed by atoms with Crippen molar-refractivity contribution in [1.29, 1.82) is 0 Å². The Morgan fingerprint density at radius 1 is 0.800 bits per heavy atom. The third-order valence-electron chi connectivity index (χ3n) is 4.76. The van der Waals surface area contributed by atoms with E-state index in [4.69, 9.17) is 18.7 Å². The van der Waals surface area contributed by atoms with E-state index in [1.165, 1.54) is 0 Å². The third-order valence-corrected chi connectivity index (χ3v) is 4.76. The molecule has 1 heterocycles. The summed E-state index contributed by atoms with van der Waals surface area (Å²) in [6.07, 6.45) is -0.117. The zero-order valence-electron chi connectivity index (χ0n) is 17.0. The molecule has 0 bridgehead atoms. The molecule has 0 aliphatic rings. The quantitative estimate of drug-likeness (QED) is 0.403. The molecule has 1 aromatic heterocycles. The summed E-state index contributed by atoms with van der Waals surface area (Å²) in [6, 6.07) is 23.1. The van der Waals surface area contributed by atoms with Crippen molar-refractivity contribution in [2.75, 3.05) is 14.2 Å². The van der Waals surface area contributed by atoms with E-state index >= 15 is 0 Å². The summed E-state index contributed by atoms with van der Waals surface area (Å²) >= 11 is 0. The molecule has 0 spiro atoms. The average molecular weight is 402 g/mol. The van der Waals surface area contributed by atoms with Gasteiger partial charge in [0.05, 0.1) is 19.8 Å². The molecule has 152 valence electrons. The zero-order chi connectivity index (χ0) is 20.9. The maximum Gasteiger partial charge on any atom is 0.262 e. The number of hydrogen-bond acceptors (Lipinski definition) is 6. The molecule has 0 N–H and O–H groups in total. The minimum absolute atomic E-state index is 0.117. The normalized spacial score (nSPS) is 11.7. The first kappa shape index (κ1) is 19.5. The van der Waals surface area contributed by atoms with Crippen molar-refractivity contribution < 1.29 is 18.7 Å². The van der Waals surface area contributed by atoms with Crippen LogP contribution in [0.5, 0.6) is 17.2 Å². The summed E-state index contributed by atoms with van der Waals surface area (Å²) in [5.74, 6) is 2.75. The van der Waals surface area contributed by atoms with Crippen LogP contribution in [0.25, 0.3) is 22.8 Å². The Bertz CT molecular complexity index is 1130. The van der Waals surface area contributed by atoms with Crippen LogP contribution in [0.3, 0.4) is 0 Å². The monoisotopic (exact) mass is 402 g/mol. The minimum Gasteiger partial charge on any atom is -0.496 e. The van der Waals surface area contributed by atoms with Crippen molar-refractivity contribution >= 4 is 0 Å². The van der Waals surface area contributed by atoms with Gasteiger partial charge < -0.3 is 18.7 Å². The van der Waals surface area contributed by atoms with E-state index in [1.54, 1.807) is 14.2 Å². The Morgan fingerprint density at radius 3 is 2.30 bits per heavy atom. The van der Waals surface area contributed by atoms with Crippen molar-refractivity contribution in [3.05, 3.63) is 78.4 Å². The van der Waals surface area contributed by atoms with Crippen molar-refractivity contribution in [3.63, 3.8) is 0 Å². The lowest BCUT2D eigenvalue weighted by Crippen LogP contribution is -2.04. The highest BCUT2D eigenvalue weighted by molar-refractivity contribution is 5.66. The van der Waals surface area contributed by atoms with Gasteiger partial charge in [0.25, 0.3) is 5.89 Å². The first-order valence-corrected chi connectivity index (χ1v) is 9.56. The molecule has 6 heteroatoms. The molecule has 4 aromatic rings. The Hall–Kier alpha value is -3.80. The Kier molecular flexibility index (Phi) is 5.66. The fourth-order valence-corrected chi connectivity index (χ4v) is 3.16. The number of benzene rings is 3. The van der Waals surface area contributed by atoms with Crippen LogP contribution < -0.4 is 14.2 Å². The number of methoxy groups -OCH3 is 2. The summed E-state index contributed by atoms with van der Waals surface area (Å²) in [7, 11) is 3.21. The molecule has 1 atom stereocenters. The van der Waals surface area contributed by atoms with Crippen LogP contribution in [0.15, 0.2) is 77.3 Å². The number of rotatable bonds is 7. The molecule has 0 aliphatic carbocycles. The van der Waals surface area contributed by atoms with Gasteiger partial charge in [0.2, 0.25) is 5.82 Å². The van der Waals surface area contributed by atoms with E-state index in [9.17, 15) is 0 Å². The van der Waals surface area contributed by atoms with E-state index in [0.29, 0.717) is 29.0 Å². The average Bonchev–Trinajstić information content (AvgIpc) is 3.30. The molecule has 0 amide bonds. The van der Waals surface area contributed by atoms with Crippen molar-refractivity contribution in [3.8, 4) is 40.1 Å². The van der Waals surface area contributed by atoms with Crippen LogP contribution in [-0.4, -0.2) is 24.4 Å². The van der Waals surface area contributed by atoms with Crippen LogP contribution in [0.1, 0.15) is 18.6 Å². The van der Waals surface area contributed by atoms with Crippen LogP contribution >= 0.6 is 0 Å². The summed E-state index contributed by atoms with van der Waals surface area (Å²) in [6.45, 7) is 2.00. The molecule has 0 saturated heterocycles. The smallest absolute Gasteiger partial charge is 0.262 e. The lowest BCUT2D eigenvalue weighted by Gasteiger charge is -2.17. The standard InChI is InChI=1S/C24H22N2O4/c1-16(17-9-5-4-6-10-17)29-21-14-13-18(15-22(21)28-3)23-25-24(30-26-23)19-11-7-8-12-20(19)27-2/h4-16H,1-3H3. The first-order chi connectivity index (χ1) is 14.7. The molecule has 0 fully saturated rings. The van der Waals surface area contributed by atoms with Crippen LogP contribution in [0.2, 0.25) is 0 Å². The first-order valence-electron chi connectivity index (χ1n) is 9.56. The summed E-state index contributed by atoms with van der Waals surface area (Å²) < 4.78 is 22.5. The SMILES string of the molecule is COc1cc(-c2noc(-c3ccccc3OC)n2)ccc1OC(C)c1ccccc1. The molecule has 30 heavy (non-hydrogen) atoms. The van der Waals surface area contributed by atoms with E-state index in [1.807, 2.05) is 79.7 Å².